The van der Waals surface area contributed by atoms with Crippen LogP contribution in [0.3, 0.4) is 0 Å². The van der Waals surface area contributed by atoms with Crippen molar-refractivity contribution in [1.29, 1.82) is 0 Å². The first-order valence-electron chi connectivity index (χ1n) is 8.79. The third kappa shape index (κ3) is 4.18. The molecule has 0 saturated carbocycles. The highest BCUT2D eigenvalue weighted by atomic mass is 19.4. The van der Waals surface area contributed by atoms with Gasteiger partial charge in [-0.2, -0.15) is 18.3 Å². The molecule has 0 fully saturated rings. The SMILES string of the molecule is CCC(CC)(CNC(=O)c1cnn(-c2cccc(C(F)(F)F)c2)c1C)C(=O)O. The number of benzene rings is 1. The Labute approximate surface area is 160 Å². The van der Waals surface area contributed by atoms with E-state index in [1.807, 2.05) is 0 Å². The third-order valence-electron chi connectivity index (χ3n) is 5.07. The minimum absolute atomic E-state index is 0.0532. The minimum Gasteiger partial charge on any atom is -0.481 e. The molecule has 152 valence electrons. The van der Waals surface area contributed by atoms with Gasteiger partial charge < -0.3 is 10.4 Å². The Morgan fingerprint density at radius 3 is 2.39 bits per heavy atom. The number of nitrogens with zero attached hydrogens (tertiary/aromatic N) is 2. The van der Waals surface area contributed by atoms with E-state index >= 15 is 0 Å². The number of alkyl halides is 3. The average Bonchev–Trinajstić information content (AvgIpc) is 3.03. The minimum atomic E-state index is -4.49. The van der Waals surface area contributed by atoms with Crippen LogP contribution in [0.4, 0.5) is 13.2 Å². The molecular formula is C19H22F3N3O3. The van der Waals surface area contributed by atoms with E-state index in [0.717, 1.165) is 12.1 Å². The number of amides is 1. The average molecular weight is 397 g/mol. The van der Waals surface area contributed by atoms with Crippen molar-refractivity contribution in [3.63, 3.8) is 0 Å². The Bertz CT molecular complexity index is 871. The molecule has 2 rings (SSSR count). The zero-order chi connectivity index (χ0) is 21.1. The van der Waals surface area contributed by atoms with Crippen LogP contribution in [0.5, 0.6) is 0 Å². The van der Waals surface area contributed by atoms with Gasteiger partial charge >= 0.3 is 12.1 Å². The number of hydrogen-bond acceptors (Lipinski definition) is 3. The molecule has 9 heteroatoms. The van der Waals surface area contributed by atoms with E-state index in [0.29, 0.717) is 18.5 Å². The van der Waals surface area contributed by atoms with E-state index in [4.69, 9.17) is 0 Å². The van der Waals surface area contributed by atoms with Crippen molar-refractivity contribution >= 4 is 11.9 Å². The number of carbonyl (C=O) groups is 2. The smallest absolute Gasteiger partial charge is 0.416 e. The second-order valence-corrected chi connectivity index (χ2v) is 6.58. The van der Waals surface area contributed by atoms with Crippen LogP contribution in [-0.4, -0.2) is 33.3 Å². The predicted octanol–water partition coefficient (Wildman–Crippen LogP) is 3.82. The first kappa shape index (κ1) is 21.5. The number of carboxylic acids is 1. The summed E-state index contributed by atoms with van der Waals surface area (Å²) in [7, 11) is 0. The number of carbonyl (C=O) groups excluding carboxylic acids is 1. The Balaban J connectivity index is 2.26. The Hall–Kier alpha value is -2.84. The van der Waals surface area contributed by atoms with Crippen molar-refractivity contribution in [2.75, 3.05) is 6.54 Å². The molecule has 0 aliphatic heterocycles. The summed E-state index contributed by atoms with van der Waals surface area (Å²) in [6, 6.07) is 4.63. The van der Waals surface area contributed by atoms with Crippen LogP contribution < -0.4 is 5.32 Å². The van der Waals surface area contributed by atoms with Gasteiger partial charge in [0, 0.05) is 6.54 Å². The molecule has 0 radical (unpaired) electrons. The number of halogens is 3. The van der Waals surface area contributed by atoms with E-state index in [1.54, 1.807) is 20.8 Å². The lowest BCUT2D eigenvalue weighted by molar-refractivity contribution is -0.149. The molecule has 0 spiro atoms. The third-order valence-corrected chi connectivity index (χ3v) is 5.07. The van der Waals surface area contributed by atoms with Crippen molar-refractivity contribution in [2.24, 2.45) is 5.41 Å². The molecule has 0 aliphatic carbocycles. The van der Waals surface area contributed by atoms with Gasteiger partial charge in [-0.15, -0.1) is 0 Å². The molecule has 28 heavy (non-hydrogen) atoms. The van der Waals surface area contributed by atoms with Gasteiger partial charge in [0.1, 0.15) is 0 Å². The topological polar surface area (TPSA) is 84.2 Å². The number of rotatable bonds is 7. The fraction of sp³-hybridized carbons (Fsp3) is 0.421. The molecule has 2 aromatic rings. The van der Waals surface area contributed by atoms with E-state index < -0.39 is 29.0 Å². The summed E-state index contributed by atoms with van der Waals surface area (Å²) in [5.74, 6) is -1.52. The molecule has 1 amide bonds. The molecule has 0 aliphatic rings. The molecule has 1 aromatic heterocycles. The summed E-state index contributed by atoms with van der Waals surface area (Å²) in [6.45, 7) is 4.98. The second-order valence-electron chi connectivity index (χ2n) is 6.58. The Morgan fingerprint density at radius 2 is 1.86 bits per heavy atom. The fourth-order valence-corrected chi connectivity index (χ4v) is 2.93. The van der Waals surface area contributed by atoms with Crippen molar-refractivity contribution in [3.05, 3.63) is 47.3 Å². The van der Waals surface area contributed by atoms with Crippen LogP contribution in [0.2, 0.25) is 0 Å². The maximum Gasteiger partial charge on any atom is 0.416 e. The van der Waals surface area contributed by atoms with Gasteiger partial charge in [-0.05, 0) is 38.0 Å². The second kappa shape index (κ2) is 8.04. The zero-order valence-electron chi connectivity index (χ0n) is 15.8. The summed E-state index contributed by atoms with van der Waals surface area (Å²) < 4.78 is 40.0. The fourth-order valence-electron chi connectivity index (χ4n) is 2.93. The molecule has 0 bridgehead atoms. The summed E-state index contributed by atoms with van der Waals surface area (Å²) in [5, 5.41) is 16.1. The maximum atomic E-state index is 12.9. The molecule has 6 nitrogen and oxygen atoms in total. The summed E-state index contributed by atoms with van der Waals surface area (Å²) in [5.41, 5.74) is -1.19. The number of aliphatic carboxylic acids is 1. The van der Waals surface area contributed by atoms with Gasteiger partial charge in [0.25, 0.3) is 5.91 Å². The number of aromatic nitrogens is 2. The van der Waals surface area contributed by atoms with Gasteiger partial charge in [-0.1, -0.05) is 19.9 Å². The summed E-state index contributed by atoms with van der Waals surface area (Å²) >= 11 is 0. The van der Waals surface area contributed by atoms with Crippen LogP contribution in [-0.2, 0) is 11.0 Å². The quantitative estimate of drug-likeness (QED) is 0.744. The number of carboxylic acid groups (broad SMARTS) is 1. The highest BCUT2D eigenvalue weighted by Gasteiger charge is 2.35. The van der Waals surface area contributed by atoms with Gasteiger partial charge in [0.2, 0.25) is 0 Å². The van der Waals surface area contributed by atoms with E-state index in [1.165, 1.54) is 23.0 Å². The van der Waals surface area contributed by atoms with Crippen LogP contribution in [0.1, 0.15) is 48.3 Å². The van der Waals surface area contributed by atoms with Crippen molar-refractivity contribution in [3.8, 4) is 5.69 Å². The molecule has 2 N–H and O–H groups in total. The Kier molecular flexibility index (Phi) is 6.16. The Morgan fingerprint density at radius 1 is 1.21 bits per heavy atom. The number of hydrogen-bond donors (Lipinski definition) is 2. The maximum absolute atomic E-state index is 12.9. The highest BCUT2D eigenvalue weighted by molar-refractivity contribution is 5.95. The first-order chi connectivity index (χ1) is 13.1. The van der Waals surface area contributed by atoms with E-state index in [2.05, 4.69) is 10.4 Å². The summed E-state index contributed by atoms with van der Waals surface area (Å²) in [6.07, 6.45) is -2.54. The molecular weight excluding hydrogens is 375 g/mol. The largest absolute Gasteiger partial charge is 0.481 e. The van der Waals surface area contributed by atoms with E-state index in [9.17, 15) is 27.9 Å². The van der Waals surface area contributed by atoms with Crippen molar-refractivity contribution < 1.29 is 27.9 Å². The number of nitrogens with one attached hydrogen (secondary N) is 1. The first-order valence-corrected chi connectivity index (χ1v) is 8.79. The standard InChI is InChI=1S/C19H22F3N3O3/c1-4-18(5-2,17(27)28)11-23-16(26)15-10-24-25(12(15)3)14-8-6-7-13(9-14)19(20,21)22/h6-10H,4-5,11H2,1-3H3,(H,23,26)(H,27,28). The van der Waals surface area contributed by atoms with Crippen LogP contribution in [0.15, 0.2) is 30.5 Å². The normalized spacial score (nSPS) is 12.1. The molecule has 0 atom stereocenters. The van der Waals surface area contributed by atoms with E-state index in [-0.39, 0.29) is 17.8 Å². The van der Waals surface area contributed by atoms with Crippen LogP contribution in [0, 0.1) is 12.3 Å². The van der Waals surface area contributed by atoms with Crippen molar-refractivity contribution in [1.82, 2.24) is 15.1 Å². The van der Waals surface area contributed by atoms with Gasteiger partial charge in [-0.3, -0.25) is 9.59 Å². The molecule has 0 saturated heterocycles. The van der Waals surface area contributed by atoms with Gasteiger partial charge in [-0.25, -0.2) is 4.68 Å². The van der Waals surface area contributed by atoms with Crippen LogP contribution in [0.25, 0.3) is 5.69 Å². The van der Waals surface area contributed by atoms with Gasteiger partial charge in [0.05, 0.1) is 34.1 Å². The zero-order valence-corrected chi connectivity index (χ0v) is 15.8. The lowest BCUT2D eigenvalue weighted by Crippen LogP contribution is -2.42. The predicted molar refractivity (Wildman–Crippen MR) is 96.3 cm³/mol. The van der Waals surface area contributed by atoms with Crippen molar-refractivity contribution in [2.45, 2.75) is 39.8 Å². The monoisotopic (exact) mass is 397 g/mol. The highest BCUT2D eigenvalue weighted by Crippen LogP contribution is 2.30. The lowest BCUT2D eigenvalue weighted by atomic mass is 9.82. The van der Waals surface area contributed by atoms with Crippen LogP contribution >= 0.6 is 0 Å². The van der Waals surface area contributed by atoms with Gasteiger partial charge in [0.15, 0.2) is 0 Å². The molecule has 1 heterocycles. The molecule has 0 unspecified atom stereocenters. The lowest BCUT2D eigenvalue weighted by Gasteiger charge is -2.26. The summed E-state index contributed by atoms with van der Waals surface area (Å²) in [4.78, 5) is 24.0. The molecule has 1 aromatic carbocycles.